The number of nitrogens with zero attached hydrogens (tertiary/aromatic N) is 2. The van der Waals surface area contributed by atoms with Gasteiger partial charge in [0.05, 0.1) is 0 Å². The van der Waals surface area contributed by atoms with Crippen LogP contribution in [0.2, 0.25) is 0 Å². The van der Waals surface area contributed by atoms with Gasteiger partial charge in [0.2, 0.25) is 0 Å². The zero-order chi connectivity index (χ0) is 17.3. The fourth-order valence-corrected chi connectivity index (χ4v) is 3.31. The number of rotatable bonds is 2. The first-order valence-electron chi connectivity index (χ1n) is 8.07. The molecule has 2 aliphatic rings. The Morgan fingerprint density at radius 3 is 2.35 bits per heavy atom. The molecule has 8 heteroatoms. The Bertz CT molecular complexity index is 465. The Labute approximate surface area is 134 Å². The first-order chi connectivity index (χ1) is 10.7. The molecule has 2 heterocycles. The van der Waals surface area contributed by atoms with E-state index in [1.165, 1.54) is 4.90 Å². The van der Waals surface area contributed by atoms with Crippen molar-refractivity contribution in [2.45, 2.75) is 44.1 Å². The number of carbonyl (C=O) groups excluding carboxylic acids is 2. The number of urea groups is 1. The topological polar surface area (TPSA) is 72.9 Å². The molecule has 3 amide bonds. The van der Waals surface area contributed by atoms with Gasteiger partial charge in [-0.3, -0.25) is 4.79 Å². The van der Waals surface area contributed by atoms with Crippen LogP contribution in [0.1, 0.15) is 32.6 Å². The number of nitrogens with one attached hydrogen (secondary N) is 1. The number of hydrogen-bond donors (Lipinski definition) is 2. The maximum atomic E-state index is 14.0. The van der Waals surface area contributed by atoms with E-state index in [0.717, 1.165) is 19.9 Å². The van der Waals surface area contributed by atoms with Gasteiger partial charge in [-0.15, -0.1) is 0 Å². The minimum Gasteiger partial charge on any atom is -0.383 e. The Kier molecular flexibility index (Phi) is 5.13. The van der Waals surface area contributed by atoms with Crippen LogP contribution in [0, 0.1) is 5.92 Å². The highest BCUT2D eigenvalue weighted by Gasteiger charge is 2.59. The van der Waals surface area contributed by atoms with Gasteiger partial charge in [-0.2, -0.15) is 8.78 Å². The molecule has 6 nitrogen and oxygen atoms in total. The molecule has 2 rings (SSSR count). The normalized spacial score (nSPS) is 25.2. The highest BCUT2D eigenvalue weighted by atomic mass is 19.3. The molecule has 0 saturated carbocycles. The van der Waals surface area contributed by atoms with Gasteiger partial charge in [0.1, 0.15) is 5.60 Å². The lowest BCUT2D eigenvalue weighted by atomic mass is 9.84. The third kappa shape index (κ3) is 3.41. The van der Waals surface area contributed by atoms with Gasteiger partial charge in [0, 0.05) is 46.1 Å². The van der Waals surface area contributed by atoms with Crippen LogP contribution in [0.25, 0.3) is 0 Å². The molecule has 0 aromatic heterocycles. The van der Waals surface area contributed by atoms with E-state index in [1.54, 1.807) is 4.90 Å². The van der Waals surface area contributed by atoms with E-state index in [-0.39, 0.29) is 32.0 Å². The lowest BCUT2D eigenvalue weighted by Crippen LogP contribution is -2.62. The van der Waals surface area contributed by atoms with E-state index < -0.39 is 17.4 Å². The second-order valence-electron chi connectivity index (χ2n) is 6.65. The Morgan fingerprint density at radius 1 is 1.22 bits per heavy atom. The number of halogens is 2. The Morgan fingerprint density at radius 2 is 1.83 bits per heavy atom. The highest BCUT2D eigenvalue weighted by Crippen LogP contribution is 2.37. The lowest BCUT2D eigenvalue weighted by molar-refractivity contribution is -0.203. The maximum absolute atomic E-state index is 14.0. The van der Waals surface area contributed by atoms with Crippen LogP contribution in [0.5, 0.6) is 0 Å². The molecule has 2 N–H and O–H groups in total. The number of aliphatic hydroxyl groups is 1. The molecule has 2 fully saturated rings. The minimum atomic E-state index is -3.86. The smallest absolute Gasteiger partial charge is 0.352 e. The fraction of sp³-hybridized carbons (Fsp3) is 0.867. The summed E-state index contributed by atoms with van der Waals surface area (Å²) in [6, 6.07) is -0.165. The Balaban J connectivity index is 1.97. The van der Waals surface area contributed by atoms with E-state index in [9.17, 15) is 23.5 Å². The van der Waals surface area contributed by atoms with Crippen molar-refractivity contribution in [3.05, 3.63) is 0 Å². The number of alkyl halides is 2. The van der Waals surface area contributed by atoms with Crippen LogP contribution in [-0.2, 0) is 4.79 Å². The third-order valence-electron chi connectivity index (χ3n) is 4.89. The van der Waals surface area contributed by atoms with Crippen molar-refractivity contribution in [1.29, 1.82) is 0 Å². The molecule has 1 unspecified atom stereocenters. The average molecular weight is 333 g/mol. The zero-order valence-corrected chi connectivity index (χ0v) is 13.6. The third-order valence-corrected chi connectivity index (χ3v) is 4.89. The second kappa shape index (κ2) is 6.59. The number of hydrogen-bond acceptors (Lipinski definition) is 3. The van der Waals surface area contributed by atoms with Crippen LogP contribution in [0.4, 0.5) is 13.6 Å². The first-order valence-corrected chi connectivity index (χ1v) is 8.07. The summed E-state index contributed by atoms with van der Waals surface area (Å²) < 4.78 is 28.1. The monoisotopic (exact) mass is 333 g/mol. The summed E-state index contributed by atoms with van der Waals surface area (Å²) in [6.45, 7) is 3.48. The summed E-state index contributed by atoms with van der Waals surface area (Å²) in [6.07, 6.45) is 1.40. The first kappa shape index (κ1) is 17.9. The largest absolute Gasteiger partial charge is 0.383 e. The van der Waals surface area contributed by atoms with Gasteiger partial charge in [0.15, 0.2) is 0 Å². The van der Waals surface area contributed by atoms with Crippen LogP contribution >= 0.6 is 0 Å². The van der Waals surface area contributed by atoms with Crippen LogP contribution in [-0.4, -0.2) is 71.6 Å². The van der Waals surface area contributed by atoms with Crippen LogP contribution in [0.15, 0.2) is 0 Å². The summed E-state index contributed by atoms with van der Waals surface area (Å²) in [5, 5.41) is 12.1. The van der Waals surface area contributed by atoms with Crippen molar-refractivity contribution in [1.82, 2.24) is 15.1 Å². The molecular formula is C15H25F2N3O3. The van der Waals surface area contributed by atoms with Gasteiger partial charge in [-0.1, -0.05) is 6.92 Å². The molecule has 2 saturated heterocycles. The molecule has 1 atom stereocenters. The van der Waals surface area contributed by atoms with Gasteiger partial charge in [0.25, 0.3) is 5.91 Å². The van der Waals surface area contributed by atoms with E-state index in [4.69, 9.17) is 0 Å². The maximum Gasteiger partial charge on any atom is 0.352 e. The summed E-state index contributed by atoms with van der Waals surface area (Å²) in [4.78, 5) is 27.0. The number of amides is 3. The summed E-state index contributed by atoms with van der Waals surface area (Å²) in [5.41, 5.74) is -2.40. The number of likely N-dealkylation sites (tertiary alicyclic amines) is 2. The highest BCUT2D eigenvalue weighted by molar-refractivity contribution is 5.84. The Hall–Kier alpha value is -1.44. The zero-order valence-electron chi connectivity index (χ0n) is 13.6. The van der Waals surface area contributed by atoms with Crippen molar-refractivity contribution in [3.8, 4) is 0 Å². The van der Waals surface area contributed by atoms with Gasteiger partial charge < -0.3 is 20.2 Å². The lowest BCUT2D eigenvalue weighted by Gasteiger charge is -2.43. The predicted octanol–water partition coefficient (Wildman–Crippen LogP) is 1.05. The predicted molar refractivity (Wildman–Crippen MR) is 80.1 cm³/mol. The standard InChI is InChI=1S/C15H25F2N3O3/c1-11-4-3-7-20(10-11)13(22)19-8-5-14(23,6-9-19)15(16,17)12(21)18-2/h11,23H,3-10H2,1-2H3,(H,18,21). The van der Waals surface area contributed by atoms with Crippen LogP contribution in [0.3, 0.4) is 0 Å². The van der Waals surface area contributed by atoms with Crippen molar-refractivity contribution in [2.75, 3.05) is 33.2 Å². The van der Waals surface area contributed by atoms with Crippen molar-refractivity contribution < 1.29 is 23.5 Å². The molecule has 0 spiro atoms. The average Bonchev–Trinajstić information content (AvgIpc) is 2.54. The van der Waals surface area contributed by atoms with E-state index in [1.807, 2.05) is 5.32 Å². The van der Waals surface area contributed by atoms with Crippen LogP contribution < -0.4 is 5.32 Å². The van der Waals surface area contributed by atoms with Crippen molar-refractivity contribution >= 4 is 11.9 Å². The molecule has 0 aromatic carbocycles. The molecule has 132 valence electrons. The summed E-state index contributed by atoms with van der Waals surface area (Å²) >= 11 is 0. The number of carbonyl (C=O) groups is 2. The SMILES string of the molecule is CNC(=O)C(F)(F)C1(O)CCN(C(=O)N2CCCC(C)C2)CC1. The molecule has 0 aromatic rings. The molecule has 23 heavy (non-hydrogen) atoms. The number of piperidine rings is 2. The molecule has 0 aliphatic carbocycles. The minimum absolute atomic E-state index is 0.0206. The van der Waals surface area contributed by atoms with Crippen molar-refractivity contribution in [2.24, 2.45) is 5.92 Å². The summed E-state index contributed by atoms with van der Waals surface area (Å²) in [5.74, 6) is -4.92. The molecule has 2 aliphatic heterocycles. The van der Waals surface area contributed by atoms with Gasteiger partial charge >= 0.3 is 12.0 Å². The fourth-order valence-electron chi connectivity index (χ4n) is 3.31. The van der Waals surface area contributed by atoms with Gasteiger partial charge in [-0.25, -0.2) is 4.79 Å². The molecular weight excluding hydrogens is 308 g/mol. The van der Waals surface area contributed by atoms with Crippen molar-refractivity contribution in [3.63, 3.8) is 0 Å². The summed E-state index contributed by atoms with van der Waals surface area (Å²) in [7, 11) is 1.11. The van der Waals surface area contributed by atoms with E-state index >= 15 is 0 Å². The van der Waals surface area contributed by atoms with Gasteiger partial charge in [-0.05, 0) is 18.8 Å². The second-order valence-corrected chi connectivity index (χ2v) is 6.65. The molecule has 0 radical (unpaired) electrons. The van der Waals surface area contributed by atoms with E-state index in [2.05, 4.69) is 6.92 Å². The van der Waals surface area contributed by atoms with E-state index in [0.29, 0.717) is 19.0 Å². The molecule has 0 bridgehead atoms. The quantitative estimate of drug-likeness (QED) is 0.793.